The van der Waals surface area contributed by atoms with Crippen LogP contribution >= 0.6 is 0 Å². The molecule has 0 aromatic rings. The van der Waals surface area contributed by atoms with Gasteiger partial charge in [-0.25, -0.2) is 0 Å². The maximum Gasteiger partial charge on any atom is 0.178 e. The number of methoxy groups -OCH3 is 2. The molecule has 1 heterocycles. The lowest BCUT2D eigenvalue weighted by Crippen LogP contribution is -2.53. The highest BCUT2D eigenvalue weighted by atomic mass is 16.7. The molecule has 0 aromatic heterocycles. The summed E-state index contributed by atoms with van der Waals surface area (Å²) < 4.78 is 23.5. The summed E-state index contributed by atoms with van der Waals surface area (Å²) in [6, 6.07) is 0. The van der Waals surface area contributed by atoms with Crippen molar-refractivity contribution in [2.24, 2.45) is 17.8 Å². The minimum absolute atomic E-state index is 0.226. The first kappa shape index (κ1) is 11.9. The van der Waals surface area contributed by atoms with E-state index in [2.05, 4.69) is 0 Å². The van der Waals surface area contributed by atoms with Gasteiger partial charge in [-0.3, -0.25) is 0 Å². The number of hydrogen-bond donors (Lipinski definition) is 0. The van der Waals surface area contributed by atoms with Gasteiger partial charge < -0.3 is 18.9 Å². The predicted molar refractivity (Wildman–Crippen MR) is 61.4 cm³/mol. The van der Waals surface area contributed by atoms with E-state index in [4.69, 9.17) is 18.9 Å². The van der Waals surface area contributed by atoms with Crippen LogP contribution in [0.4, 0.5) is 0 Å². The minimum atomic E-state index is -0.486. The van der Waals surface area contributed by atoms with Gasteiger partial charge in [-0.2, -0.15) is 0 Å². The summed E-state index contributed by atoms with van der Waals surface area (Å²) in [7, 11) is 3.49. The summed E-state index contributed by atoms with van der Waals surface area (Å²) in [5.74, 6) is 0.310. The van der Waals surface area contributed by atoms with E-state index in [0.717, 1.165) is 19.4 Å². The Balaban J connectivity index is 1.98. The van der Waals surface area contributed by atoms with Crippen LogP contribution in [0, 0.1) is 17.8 Å². The third-order valence-electron chi connectivity index (χ3n) is 4.93. The molecular formula is C13H22O4. The molecule has 0 amide bonds. The molecule has 3 aliphatic rings. The van der Waals surface area contributed by atoms with Crippen LogP contribution in [0.3, 0.4) is 0 Å². The molecule has 2 bridgehead atoms. The van der Waals surface area contributed by atoms with Crippen LogP contribution in [0.5, 0.6) is 0 Å². The topological polar surface area (TPSA) is 36.9 Å². The third-order valence-corrected chi connectivity index (χ3v) is 4.93. The van der Waals surface area contributed by atoms with Crippen LogP contribution < -0.4 is 0 Å². The largest absolute Gasteiger partial charge is 0.352 e. The molecule has 4 nitrogen and oxygen atoms in total. The molecule has 0 radical (unpaired) electrons. The number of hydrogen-bond acceptors (Lipinski definition) is 4. The summed E-state index contributed by atoms with van der Waals surface area (Å²) in [4.78, 5) is 0. The molecular weight excluding hydrogens is 220 g/mol. The van der Waals surface area contributed by atoms with Gasteiger partial charge in [-0.05, 0) is 25.7 Å². The van der Waals surface area contributed by atoms with Crippen LogP contribution in [0.25, 0.3) is 0 Å². The zero-order valence-corrected chi connectivity index (χ0v) is 10.9. The van der Waals surface area contributed by atoms with E-state index in [9.17, 15) is 0 Å². The second-order valence-corrected chi connectivity index (χ2v) is 5.39. The van der Waals surface area contributed by atoms with Crippen LogP contribution in [0.2, 0.25) is 0 Å². The van der Waals surface area contributed by atoms with Gasteiger partial charge in [0.2, 0.25) is 0 Å². The highest BCUT2D eigenvalue weighted by Crippen LogP contribution is 2.65. The second kappa shape index (κ2) is 3.92. The number of fused-ring (bicyclic) bond motifs is 1. The van der Waals surface area contributed by atoms with Crippen LogP contribution in [0.15, 0.2) is 0 Å². The zero-order valence-electron chi connectivity index (χ0n) is 10.9. The summed E-state index contributed by atoms with van der Waals surface area (Å²) >= 11 is 0. The molecule has 4 heteroatoms. The quantitative estimate of drug-likeness (QED) is 0.704. The molecule has 17 heavy (non-hydrogen) atoms. The predicted octanol–water partition coefficient (Wildman–Crippen LogP) is 1.78. The van der Waals surface area contributed by atoms with E-state index in [1.165, 1.54) is 6.42 Å². The van der Waals surface area contributed by atoms with Gasteiger partial charge in [0.05, 0.1) is 12.5 Å². The maximum absolute atomic E-state index is 6.01. The average molecular weight is 242 g/mol. The fourth-order valence-electron chi connectivity index (χ4n) is 4.53. The maximum atomic E-state index is 6.01. The van der Waals surface area contributed by atoms with E-state index in [1.807, 2.05) is 6.92 Å². The van der Waals surface area contributed by atoms with E-state index in [1.54, 1.807) is 14.2 Å². The van der Waals surface area contributed by atoms with Crippen LogP contribution in [-0.4, -0.2) is 39.0 Å². The van der Waals surface area contributed by atoms with Gasteiger partial charge in [0.15, 0.2) is 11.6 Å². The smallest absolute Gasteiger partial charge is 0.178 e. The Bertz CT molecular complexity index is 298. The lowest BCUT2D eigenvalue weighted by Gasteiger charge is -2.46. The SMILES string of the molecule is CCO[C@]12C[C@@H]3C[C@H](CCO1)[C@H]2C3(OC)OC. The van der Waals surface area contributed by atoms with Gasteiger partial charge in [-0.15, -0.1) is 0 Å². The first-order valence-electron chi connectivity index (χ1n) is 6.60. The van der Waals surface area contributed by atoms with Gasteiger partial charge in [0.1, 0.15) is 0 Å². The van der Waals surface area contributed by atoms with Crippen molar-refractivity contribution in [2.75, 3.05) is 27.4 Å². The van der Waals surface area contributed by atoms with E-state index >= 15 is 0 Å². The van der Waals surface area contributed by atoms with Crippen molar-refractivity contribution in [3.05, 3.63) is 0 Å². The van der Waals surface area contributed by atoms with Crippen molar-refractivity contribution in [3.8, 4) is 0 Å². The fourth-order valence-corrected chi connectivity index (χ4v) is 4.53. The Morgan fingerprint density at radius 2 is 2.06 bits per heavy atom. The Morgan fingerprint density at radius 3 is 2.65 bits per heavy atom. The second-order valence-electron chi connectivity index (χ2n) is 5.39. The van der Waals surface area contributed by atoms with Crippen molar-refractivity contribution in [1.29, 1.82) is 0 Å². The zero-order chi connectivity index (χ0) is 12.1. The normalized spacial score (nSPS) is 46.4. The Labute approximate surface area is 103 Å². The molecule has 0 aromatic carbocycles. The standard InChI is InChI=1S/C13H22O4/c1-4-16-12-8-10-7-9(5-6-17-12)11(12)13(10,14-2)15-3/h9-11H,4-8H2,1-3H3/t9-,10-,11+,12+/m0/s1. The average Bonchev–Trinajstić information content (AvgIpc) is 2.77. The van der Waals surface area contributed by atoms with Crippen molar-refractivity contribution >= 4 is 0 Å². The minimum Gasteiger partial charge on any atom is -0.352 e. The van der Waals surface area contributed by atoms with Gasteiger partial charge in [-0.1, -0.05) is 0 Å². The summed E-state index contributed by atoms with van der Waals surface area (Å²) in [5.41, 5.74) is 0. The molecule has 2 aliphatic carbocycles. The molecule has 1 aliphatic heterocycles. The first-order chi connectivity index (χ1) is 8.22. The Kier molecular flexibility index (Phi) is 2.74. The van der Waals surface area contributed by atoms with Crippen molar-refractivity contribution < 1.29 is 18.9 Å². The van der Waals surface area contributed by atoms with Crippen LogP contribution in [0.1, 0.15) is 26.2 Å². The summed E-state index contributed by atoms with van der Waals surface area (Å²) in [6.07, 6.45) is 3.19. The third kappa shape index (κ3) is 1.33. The monoisotopic (exact) mass is 242 g/mol. The summed E-state index contributed by atoms with van der Waals surface area (Å²) in [6.45, 7) is 3.51. The fraction of sp³-hybridized carbons (Fsp3) is 1.00. The number of ether oxygens (including phenoxy) is 4. The molecule has 98 valence electrons. The van der Waals surface area contributed by atoms with Gasteiger partial charge in [0, 0.05) is 33.2 Å². The van der Waals surface area contributed by atoms with Crippen molar-refractivity contribution in [1.82, 2.24) is 0 Å². The molecule has 0 unspecified atom stereocenters. The molecule has 2 saturated carbocycles. The molecule has 4 atom stereocenters. The Hall–Kier alpha value is -0.160. The lowest BCUT2D eigenvalue weighted by molar-refractivity contribution is -0.328. The molecule has 3 rings (SSSR count). The highest BCUT2D eigenvalue weighted by Gasteiger charge is 2.73. The van der Waals surface area contributed by atoms with E-state index in [0.29, 0.717) is 18.4 Å². The van der Waals surface area contributed by atoms with Crippen molar-refractivity contribution in [3.63, 3.8) is 0 Å². The highest BCUT2D eigenvalue weighted by molar-refractivity contribution is 5.13. The van der Waals surface area contributed by atoms with Crippen LogP contribution in [-0.2, 0) is 18.9 Å². The van der Waals surface area contributed by atoms with Gasteiger partial charge in [0.25, 0.3) is 0 Å². The van der Waals surface area contributed by atoms with E-state index < -0.39 is 11.6 Å². The molecule has 0 spiro atoms. The Morgan fingerprint density at radius 1 is 1.29 bits per heavy atom. The summed E-state index contributed by atoms with van der Waals surface area (Å²) in [5, 5.41) is 0. The molecule has 0 N–H and O–H groups in total. The molecule has 3 fully saturated rings. The number of rotatable bonds is 4. The van der Waals surface area contributed by atoms with Gasteiger partial charge >= 0.3 is 0 Å². The first-order valence-corrected chi connectivity index (χ1v) is 6.60. The van der Waals surface area contributed by atoms with Crippen molar-refractivity contribution in [2.45, 2.75) is 37.8 Å². The molecule has 1 saturated heterocycles. The lowest BCUT2D eigenvalue weighted by atomic mass is 9.79. The van der Waals surface area contributed by atoms with E-state index in [-0.39, 0.29) is 5.92 Å².